The molecular formula is C12H15FN2O3. The van der Waals surface area contributed by atoms with Crippen LogP contribution in [0.3, 0.4) is 0 Å². The zero-order valence-electron chi connectivity index (χ0n) is 9.73. The van der Waals surface area contributed by atoms with Crippen LogP contribution in [0.4, 0.5) is 9.18 Å². The van der Waals surface area contributed by atoms with Crippen LogP contribution in [0.15, 0.2) is 30.3 Å². The molecule has 6 heteroatoms. The van der Waals surface area contributed by atoms with E-state index in [1.807, 2.05) is 6.07 Å². The predicted octanol–water partition coefficient (Wildman–Crippen LogP) is 0.951. The molecule has 3 N–H and O–H groups in total. The smallest absolute Gasteiger partial charge is 0.326 e. The molecule has 0 aliphatic heterocycles. The fourth-order valence-electron chi connectivity index (χ4n) is 1.42. The summed E-state index contributed by atoms with van der Waals surface area (Å²) in [4.78, 5) is 22.3. The van der Waals surface area contributed by atoms with Crippen LogP contribution in [0.5, 0.6) is 0 Å². The normalized spacial score (nSPS) is 11.6. The maximum Gasteiger partial charge on any atom is 0.326 e. The van der Waals surface area contributed by atoms with Gasteiger partial charge in [0.1, 0.15) is 12.7 Å². The van der Waals surface area contributed by atoms with Gasteiger partial charge in [-0.3, -0.25) is 0 Å². The summed E-state index contributed by atoms with van der Waals surface area (Å²) in [6, 6.07) is 7.23. The molecule has 18 heavy (non-hydrogen) atoms. The van der Waals surface area contributed by atoms with Crippen molar-refractivity contribution in [1.29, 1.82) is 0 Å². The first-order valence-electron chi connectivity index (χ1n) is 5.50. The van der Waals surface area contributed by atoms with Crippen LogP contribution in [0.25, 0.3) is 0 Å². The highest BCUT2D eigenvalue weighted by Gasteiger charge is 2.19. The van der Waals surface area contributed by atoms with Crippen molar-refractivity contribution in [2.75, 3.05) is 13.2 Å². The first kappa shape index (κ1) is 14.0. The second-order valence-electron chi connectivity index (χ2n) is 3.67. The summed E-state index contributed by atoms with van der Waals surface area (Å²) in [6.45, 7) is -0.826. The average Bonchev–Trinajstić information content (AvgIpc) is 2.36. The number of hydrogen-bond donors (Lipinski definition) is 3. The van der Waals surface area contributed by atoms with Gasteiger partial charge in [-0.05, 0) is 5.56 Å². The maximum atomic E-state index is 11.8. The number of amides is 2. The number of alkyl halides is 1. The van der Waals surface area contributed by atoms with Crippen LogP contribution in [0.1, 0.15) is 5.56 Å². The molecule has 0 heterocycles. The Morgan fingerprint density at radius 2 is 1.94 bits per heavy atom. The lowest BCUT2D eigenvalue weighted by molar-refractivity contribution is -0.139. The van der Waals surface area contributed by atoms with E-state index in [1.54, 1.807) is 24.3 Å². The number of benzene rings is 1. The number of hydrogen-bond acceptors (Lipinski definition) is 2. The molecule has 0 saturated heterocycles. The first-order valence-corrected chi connectivity index (χ1v) is 5.50. The molecule has 0 aliphatic carbocycles. The van der Waals surface area contributed by atoms with Crippen molar-refractivity contribution in [3.8, 4) is 0 Å². The summed E-state index contributed by atoms with van der Waals surface area (Å²) >= 11 is 0. The van der Waals surface area contributed by atoms with Crippen molar-refractivity contribution < 1.29 is 19.1 Å². The number of nitrogens with one attached hydrogen (secondary N) is 2. The number of carbonyl (C=O) groups excluding carboxylic acids is 1. The van der Waals surface area contributed by atoms with Crippen LogP contribution < -0.4 is 10.6 Å². The highest BCUT2D eigenvalue weighted by Crippen LogP contribution is 2.03. The van der Waals surface area contributed by atoms with Crippen LogP contribution in [-0.4, -0.2) is 36.4 Å². The monoisotopic (exact) mass is 254 g/mol. The Morgan fingerprint density at radius 1 is 1.28 bits per heavy atom. The number of urea groups is 1. The number of rotatable bonds is 6. The molecule has 1 aromatic rings. The molecule has 1 rings (SSSR count). The molecule has 0 unspecified atom stereocenters. The van der Waals surface area contributed by atoms with E-state index in [2.05, 4.69) is 10.6 Å². The summed E-state index contributed by atoms with van der Waals surface area (Å²) in [5, 5.41) is 13.5. The third kappa shape index (κ3) is 4.82. The first-order chi connectivity index (χ1) is 8.63. The second-order valence-corrected chi connectivity index (χ2v) is 3.67. The Hall–Kier alpha value is -2.11. The van der Waals surface area contributed by atoms with E-state index in [0.717, 1.165) is 5.56 Å². The standard InChI is InChI=1S/C12H15FN2O3/c13-6-7-14-12(18)15-10(11(16)17)8-9-4-2-1-3-5-9/h1-5,10H,6-8H2,(H,16,17)(H2,14,15,18)/t10-/m0/s1. The molecule has 0 spiro atoms. The number of aliphatic carboxylic acids is 1. The molecule has 2 amide bonds. The van der Waals surface area contributed by atoms with E-state index < -0.39 is 24.7 Å². The molecular weight excluding hydrogens is 239 g/mol. The number of carboxylic acid groups (broad SMARTS) is 1. The van der Waals surface area contributed by atoms with Gasteiger partial charge in [-0.25, -0.2) is 14.0 Å². The Balaban J connectivity index is 2.55. The molecule has 0 bridgehead atoms. The lowest BCUT2D eigenvalue weighted by Crippen LogP contribution is -2.47. The van der Waals surface area contributed by atoms with Gasteiger partial charge in [-0.15, -0.1) is 0 Å². The van der Waals surface area contributed by atoms with Gasteiger partial charge >= 0.3 is 12.0 Å². The zero-order chi connectivity index (χ0) is 13.4. The van der Waals surface area contributed by atoms with Gasteiger partial charge in [0.15, 0.2) is 0 Å². The Morgan fingerprint density at radius 3 is 2.50 bits per heavy atom. The summed E-state index contributed by atoms with van der Waals surface area (Å²) in [5.74, 6) is -1.13. The molecule has 0 aromatic heterocycles. The lowest BCUT2D eigenvalue weighted by atomic mass is 10.1. The van der Waals surface area contributed by atoms with Gasteiger partial charge in [0.25, 0.3) is 0 Å². The minimum Gasteiger partial charge on any atom is -0.480 e. The molecule has 98 valence electrons. The van der Waals surface area contributed by atoms with Gasteiger partial charge in [-0.2, -0.15) is 0 Å². The molecule has 1 aromatic carbocycles. The third-order valence-electron chi connectivity index (χ3n) is 2.27. The minimum absolute atomic E-state index is 0.135. The van der Waals surface area contributed by atoms with Crippen molar-refractivity contribution in [3.05, 3.63) is 35.9 Å². The van der Waals surface area contributed by atoms with Crippen LogP contribution in [0, 0.1) is 0 Å². The highest BCUT2D eigenvalue weighted by atomic mass is 19.1. The maximum absolute atomic E-state index is 11.8. The molecule has 5 nitrogen and oxygen atoms in total. The highest BCUT2D eigenvalue weighted by molar-refractivity contribution is 5.82. The fraction of sp³-hybridized carbons (Fsp3) is 0.333. The topological polar surface area (TPSA) is 78.4 Å². The van der Waals surface area contributed by atoms with Crippen molar-refractivity contribution in [3.63, 3.8) is 0 Å². The van der Waals surface area contributed by atoms with Gasteiger partial charge in [0.2, 0.25) is 0 Å². The van der Waals surface area contributed by atoms with Crippen molar-refractivity contribution in [2.45, 2.75) is 12.5 Å². The summed E-state index contributed by atoms with van der Waals surface area (Å²) in [7, 11) is 0. The molecule has 0 aliphatic rings. The number of carboxylic acids is 1. The largest absolute Gasteiger partial charge is 0.480 e. The predicted molar refractivity (Wildman–Crippen MR) is 64.1 cm³/mol. The van der Waals surface area contributed by atoms with Crippen LogP contribution in [-0.2, 0) is 11.2 Å². The van der Waals surface area contributed by atoms with Crippen molar-refractivity contribution >= 4 is 12.0 Å². The molecule has 0 fully saturated rings. The van der Waals surface area contributed by atoms with E-state index in [1.165, 1.54) is 0 Å². The quantitative estimate of drug-likeness (QED) is 0.707. The zero-order valence-corrected chi connectivity index (χ0v) is 9.73. The van der Waals surface area contributed by atoms with E-state index >= 15 is 0 Å². The summed E-state index contributed by atoms with van der Waals surface area (Å²) in [6.07, 6.45) is 0.180. The van der Waals surface area contributed by atoms with Crippen molar-refractivity contribution in [2.24, 2.45) is 0 Å². The summed E-state index contributed by atoms with van der Waals surface area (Å²) in [5.41, 5.74) is 0.802. The Bertz CT molecular complexity index is 398. The fourth-order valence-corrected chi connectivity index (χ4v) is 1.42. The Labute approximate surface area is 104 Å². The molecule has 1 atom stereocenters. The number of carbonyl (C=O) groups is 2. The lowest BCUT2D eigenvalue weighted by Gasteiger charge is -2.14. The average molecular weight is 254 g/mol. The molecule has 0 saturated carbocycles. The van der Waals surface area contributed by atoms with E-state index in [-0.39, 0.29) is 13.0 Å². The van der Waals surface area contributed by atoms with Gasteiger partial charge < -0.3 is 15.7 Å². The van der Waals surface area contributed by atoms with Crippen LogP contribution in [0.2, 0.25) is 0 Å². The second kappa shape index (κ2) is 7.26. The number of halogens is 1. The van der Waals surface area contributed by atoms with Crippen molar-refractivity contribution in [1.82, 2.24) is 10.6 Å². The van der Waals surface area contributed by atoms with Gasteiger partial charge in [0.05, 0.1) is 0 Å². The van der Waals surface area contributed by atoms with Gasteiger partial charge in [-0.1, -0.05) is 30.3 Å². The minimum atomic E-state index is -1.13. The van der Waals surface area contributed by atoms with E-state index in [0.29, 0.717) is 0 Å². The van der Waals surface area contributed by atoms with E-state index in [9.17, 15) is 14.0 Å². The molecule has 0 radical (unpaired) electrons. The van der Waals surface area contributed by atoms with Gasteiger partial charge in [0, 0.05) is 13.0 Å². The summed E-state index contributed by atoms with van der Waals surface area (Å²) < 4.78 is 11.8. The SMILES string of the molecule is O=C(NCCF)N[C@@H](Cc1ccccc1)C(=O)O. The van der Waals surface area contributed by atoms with Crippen LogP contribution >= 0.6 is 0 Å². The third-order valence-corrected chi connectivity index (χ3v) is 2.27. The van der Waals surface area contributed by atoms with E-state index in [4.69, 9.17) is 5.11 Å². The Kier molecular flexibility index (Phi) is 5.63.